The summed E-state index contributed by atoms with van der Waals surface area (Å²) in [6, 6.07) is 0. The highest BCUT2D eigenvalue weighted by Crippen LogP contribution is 2.39. The first-order chi connectivity index (χ1) is 10.8. The second kappa shape index (κ2) is 14.4. The highest BCUT2D eigenvalue weighted by atomic mass is 127. The van der Waals surface area contributed by atoms with Crippen molar-refractivity contribution in [3.05, 3.63) is 0 Å². The van der Waals surface area contributed by atoms with Gasteiger partial charge in [-0.3, -0.25) is 0 Å². The molecule has 0 spiro atoms. The van der Waals surface area contributed by atoms with Crippen molar-refractivity contribution in [2.24, 2.45) is 0 Å². The van der Waals surface area contributed by atoms with E-state index in [0.29, 0.717) is 59.5 Å². The Morgan fingerprint density at radius 2 is 1.04 bits per heavy atom. The zero-order chi connectivity index (χ0) is 17.6. The van der Waals surface area contributed by atoms with E-state index in [1.54, 1.807) is 13.8 Å². The fourth-order valence-corrected chi connectivity index (χ4v) is 1.67. The molecule has 0 aromatic heterocycles. The monoisotopic (exact) mass is 562 g/mol. The zero-order valence-corrected chi connectivity index (χ0v) is 18.1. The van der Waals surface area contributed by atoms with Crippen LogP contribution in [0.1, 0.15) is 13.8 Å². The van der Waals surface area contributed by atoms with Crippen LogP contribution in [0.4, 0.5) is 0 Å². The van der Waals surface area contributed by atoms with Gasteiger partial charge in [-0.15, -0.1) is 0 Å². The Morgan fingerprint density at radius 3 is 1.39 bits per heavy atom. The van der Waals surface area contributed by atoms with Crippen LogP contribution in [0, 0.1) is 0 Å². The SMILES string of the molecule is CC(C)(O)C(I)(I)OCCOCCOCCOCCOCCO. The predicted molar refractivity (Wildman–Crippen MR) is 103 cm³/mol. The van der Waals surface area contributed by atoms with E-state index in [4.69, 9.17) is 28.8 Å². The molecule has 0 saturated heterocycles. The molecule has 0 atom stereocenters. The van der Waals surface area contributed by atoms with E-state index < -0.39 is 7.22 Å². The molecule has 0 unspecified atom stereocenters. The molecule has 0 bridgehead atoms. The largest absolute Gasteiger partial charge is 0.394 e. The maximum Gasteiger partial charge on any atom is 0.197 e. The molecule has 140 valence electrons. The lowest BCUT2D eigenvalue weighted by Crippen LogP contribution is -2.42. The summed E-state index contributed by atoms with van der Waals surface area (Å²) < 4.78 is 26.0. The molecule has 7 nitrogen and oxygen atoms in total. The average molecular weight is 562 g/mol. The third-order valence-corrected chi connectivity index (χ3v) is 5.84. The van der Waals surface area contributed by atoms with Crippen LogP contribution in [-0.2, 0) is 23.7 Å². The molecule has 0 fully saturated rings. The van der Waals surface area contributed by atoms with Crippen LogP contribution in [0.3, 0.4) is 0 Å². The van der Waals surface area contributed by atoms with Crippen molar-refractivity contribution in [1.29, 1.82) is 0 Å². The van der Waals surface area contributed by atoms with E-state index in [9.17, 15) is 5.11 Å². The molecule has 2 N–H and O–H groups in total. The molecule has 0 rings (SSSR count). The molecular weight excluding hydrogens is 534 g/mol. The van der Waals surface area contributed by atoms with Gasteiger partial charge < -0.3 is 33.9 Å². The van der Waals surface area contributed by atoms with Gasteiger partial charge in [0, 0.05) is 0 Å². The minimum absolute atomic E-state index is 0.0303. The van der Waals surface area contributed by atoms with E-state index in [1.165, 1.54) is 0 Å². The van der Waals surface area contributed by atoms with Gasteiger partial charge in [-0.25, -0.2) is 0 Å². The Bertz CT molecular complexity index is 272. The molecule has 0 aromatic carbocycles. The summed E-state index contributed by atoms with van der Waals surface area (Å²) in [6.45, 7) is 7.61. The van der Waals surface area contributed by atoms with Gasteiger partial charge in [0.05, 0.1) is 66.1 Å². The molecule has 0 radical (unpaired) electrons. The lowest BCUT2D eigenvalue weighted by atomic mass is 10.2. The lowest BCUT2D eigenvalue weighted by Gasteiger charge is -2.33. The Morgan fingerprint density at radius 1 is 0.696 bits per heavy atom. The van der Waals surface area contributed by atoms with Gasteiger partial charge in [0.25, 0.3) is 0 Å². The molecule has 0 saturated carbocycles. The normalized spacial score (nSPS) is 12.8. The van der Waals surface area contributed by atoms with Gasteiger partial charge in [-0.2, -0.15) is 0 Å². The fraction of sp³-hybridized carbons (Fsp3) is 1.00. The maximum atomic E-state index is 9.92. The van der Waals surface area contributed by atoms with Gasteiger partial charge in [0.1, 0.15) is 5.60 Å². The number of halogens is 2. The van der Waals surface area contributed by atoms with Gasteiger partial charge in [-0.05, 0) is 59.0 Å². The number of hydrogen-bond acceptors (Lipinski definition) is 7. The summed E-state index contributed by atoms with van der Waals surface area (Å²) in [4.78, 5) is 0. The summed E-state index contributed by atoms with van der Waals surface area (Å²) in [5.41, 5.74) is -0.930. The molecule has 9 heteroatoms. The first-order valence-electron chi connectivity index (χ1n) is 7.47. The van der Waals surface area contributed by atoms with Crippen molar-refractivity contribution in [2.75, 3.05) is 66.1 Å². The van der Waals surface area contributed by atoms with Gasteiger partial charge in [-0.1, -0.05) is 0 Å². The van der Waals surface area contributed by atoms with Crippen molar-refractivity contribution in [1.82, 2.24) is 0 Å². The van der Waals surface area contributed by atoms with Crippen LogP contribution >= 0.6 is 45.2 Å². The van der Waals surface area contributed by atoms with Gasteiger partial charge in [0.15, 0.2) is 1.61 Å². The molecule has 23 heavy (non-hydrogen) atoms. The predicted octanol–water partition coefficient (Wildman–Crippen LogP) is 1.36. The van der Waals surface area contributed by atoms with Crippen LogP contribution in [0.25, 0.3) is 0 Å². The molecule has 0 amide bonds. The topological polar surface area (TPSA) is 86.6 Å². The molecule has 0 aromatic rings. The number of hydrogen-bond donors (Lipinski definition) is 2. The number of aliphatic hydroxyl groups excluding tert-OH is 1. The average Bonchev–Trinajstić information content (AvgIpc) is 2.46. The number of alkyl halides is 2. The minimum Gasteiger partial charge on any atom is -0.394 e. The van der Waals surface area contributed by atoms with E-state index in [2.05, 4.69) is 45.2 Å². The Labute approximate surface area is 165 Å². The highest BCUT2D eigenvalue weighted by Gasteiger charge is 2.40. The summed E-state index contributed by atoms with van der Waals surface area (Å²) in [5.74, 6) is 0. The van der Waals surface area contributed by atoms with Crippen LogP contribution < -0.4 is 0 Å². The van der Waals surface area contributed by atoms with E-state index in [0.717, 1.165) is 0 Å². The van der Waals surface area contributed by atoms with Crippen LogP contribution in [0.5, 0.6) is 0 Å². The summed E-state index contributed by atoms with van der Waals surface area (Å²) >= 11 is 4.16. The molecular formula is C14H28I2O7. The molecule has 0 aliphatic rings. The smallest absolute Gasteiger partial charge is 0.197 e. The third-order valence-electron chi connectivity index (χ3n) is 2.57. The van der Waals surface area contributed by atoms with Crippen molar-refractivity contribution >= 4 is 45.2 Å². The second-order valence-electron chi connectivity index (χ2n) is 5.10. The number of rotatable bonds is 16. The highest BCUT2D eigenvalue weighted by molar-refractivity contribution is 14.2. The minimum atomic E-state index is -0.930. The summed E-state index contributed by atoms with van der Waals surface area (Å²) in [7, 11) is 0. The van der Waals surface area contributed by atoms with E-state index >= 15 is 0 Å². The molecule has 0 aliphatic carbocycles. The van der Waals surface area contributed by atoms with Crippen LogP contribution in [0.15, 0.2) is 0 Å². The van der Waals surface area contributed by atoms with E-state index in [-0.39, 0.29) is 6.61 Å². The maximum absolute atomic E-state index is 9.92. The fourth-order valence-electron chi connectivity index (χ4n) is 1.23. The van der Waals surface area contributed by atoms with Crippen molar-refractivity contribution in [3.8, 4) is 0 Å². The number of ether oxygens (including phenoxy) is 5. The number of aliphatic hydroxyl groups is 2. The van der Waals surface area contributed by atoms with Crippen molar-refractivity contribution < 1.29 is 33.9 Å². The summed E-state index contributed by atoms with van der Waals surface area (Å²) in [6.07, 6.45) is 0. The van der Waals surface area contributed by atoms with Gasteiger partial charge in [0.2, 0.25) is 0 Å². The Hall–Kier alpha value is 1.18. The Balaban J connectivity index is 3.25. The van der Waals surface area contributed by atoms with Crippen molar-refractivity contribution in [2.45, 2.75) is 21.1 Å². The standard InChI is InChI=1S/C14H28I2O7/c1-13(2,18)14(15,16)23-12-11-22-10-9-21-8-7-20-6-5-19-4-3-17/h17-18H,3-12H2,1-2H3. The first-order valence-corrected chi connectivity index (χ1v) is 9.63. The van der Waals surface area contributed by atoms with Crippen LogP contribution in [0.2, 0.25) is 0 Å². The van der Waals surface area contributed by atoms with Gasteiger partial charge >= 0.3 is 0 Å². The third kappa shape index (κ3) is 14.1. The first kappa shape index (κ1) is 24.2. The lowest BCUT2D eigenvalue weighted by molar-refractivity contribution is -0.0611. The summed E-state index contributed by atoms with van der Waals surface area (Å²) in [5, 5.41) is 18.4. The molecule has 0 heterocycles. The van der Waals surface area contributed by atoms with Crippen LogP contribution in [-0.4, -0.2) is 83.5 Å². The quantitative estimate of drug-likeness (QED) is 0.167. The molecule has 0 aliphatic heterocycles. The van der Waals surface area contributed by atoms with Crippen molar-refractivity contribution in [3.63, 3.8) is 0 Å². The Kier molecular flexibility index (Phi) is 15.1. The second-order valence-corrected chi connectivity index (χ2v) is 10.2. The van der Waals surface area contributed by atoms with E-state index in [1.807, 2.05) is 0 Å². The zero-order valence-electron chi connectivity index (χ0n) is 13.8.